The molecule has 6 heteroatoms. The van der Waals surface area contributed by atoms with E-state index in [1.807, 2.05) is 0 Å². The molecule has 0 aliphatic carbocycles. The minimum Gasteiger partial charge on any atom is -0.476 e. The SMILES string of the molecule is Cc1ccc(CN2CC(n3cc(C(=O)O)nn3)C2)cc1C. The Hall–Kier alpha value is -2.21. The summed E-state index contributed by atoms with van der Waals surface area (Å²) in [5.41, 5.74) is 3.93. The zero-order chi connectivity index (χ0) is 15.0. The first kappa shape index (κ1) is 13.8. The predicted molar refractivity (Wildman–Crippen MR) is 77.2 cm³/mol. The van der Waals surface area contributed by atoms with Crippen LogP contribution in [0.3, 0.4) is 0 Å². The molecule has 21 heavy (non-hydrogen) atoms. The lowest BCUT2D eigenvalue weighted by Crippen LogP contribution is -2.47. The second-order valence-electron chi connectivity index (χ2n) is 5.66. The number of aromatic nitrogens is 3. The number of hydrogen-bond acceptors (Lipinski definition) is 4. The van der Waals surface area contributed by atoms with E-state index in [-0.39, 0.29) is 11.7 Å². The normalized spacial score (nSPS) is 15.9. The van der Waals surface area contributed by atoms with Gasteiger partial charge >= 0.3 is 5.97 Å². The van der Waals surface area contributed by atoms with Crippen molar-refractivity contribution in [2.75, 3.05) is 13.1 Å². The third-order valence-corrected chi connectivity index (χ3v) is 4.02. The van der Waals surface area contributed by atoms with Crippen LogP contribution in [0.5, 0.6) is 0 Å². The van der Waals surface area contributed by atoms with Gasteiger partial charge in [0.05, 0.1) is 12.2 Å². The van der Waals surface area contributed by atoms with Gasteiger partial charge in [0.25, 0.3) is 0 Å². The molecule has 110 valence electrons. The molecule has 1 fully saturated rings. The summed E-state index contributed by atoms with van der Waals surface area (Å²) in [6.45, 7) is 6.90. The Morgan fingerprint density at radius 3 is 2.71 bits per heavy atom. The fraction of sp³-hybridized carbons (Fsp3) is 0.400. The van der Waals surface area contributed by atoms with Crippen LogP contribution in [0.1, 0.15) is 33.2 Å². The third-order valence-electron chi connectivity index (χ3n) is 4.02. The van der Waals surface area contributed by atoms with E-state index in [1.54, 1.807) is 4.68 Å². The lowest BCUT2D eigenvalue weighted by atomic mass is 10.0. The summed E-state index contributed by atoms with van der Waals surface area (Å²) in [4.78, 5) is 13.1. The summed E-state index contributed by atoms with van der Waals surface area (Å²) in [7, 11) is 0. The predicted octanol–water partition coefficient (Wildman–Crippen LogP) is 1.65. The molecule has 1 saturated heterocycles. The van der Waals surface area contributed by atoms with Crippen LogP contribution < -0.4 is 0 Å². The highest BCUT2D eigenvalue weighted by atomic mass is 16.4. The van der Waals surface area contributed by atoms with Crippen LogP contribution in [-0.4, -0.2) is 44.1 Å². The zero-order valence-electron chi connectivity index (χ0n) is 12.2. The molecule has 6 nitrogen and oxygen atoms in total. The first-order valence-electron chi connectivity index (χ1n) is 6.96. The first-order valence-corrected chi connectivity index (χ1v) is 6.96. The average Bonchev–Trinajstić information content (AvgIpc) is 2.87. The molecule has 2 heterocycles. The first-order chi connectivity index (χ1) is 10.0. The Morgan fingerprint density at radius 2 is 2.10 bits per heavy atom. The van der Waals surface area contributed by atoms with Crippen molar-refractivity contribution < 1.29 is 9.90 Å². The van der Waals surface area contributed by atoms with Crippen molar-refractivity contribution >= 4 is 5.97 Å². The summed E-state index contributed by atoms with van der Waals surface area (Å²) >= 11 is 0. The average molecular weight is 286 g/mol. The Balaban J connectivity index is 1.57. The van der Waals surface area contributed by atoms with Crippen molar-refractivity contribution in [1.82, 2.24) is 19.9 Å². The van der Waals surface area contributed by atoms with Crippen LogP contribution in [0.4, 0.5) is 0 Å². The summed E-state index contributed by atoms with van der Waals surface area (Å²) in [6.07, 6.45) is 1.50. The van der Waals surface area contributed by atoms with Crippen LogP contribution in [0.15, 0.2) is 24.4 Å². The van der Waals surface area contributed by atoms with Gasteiger partial charge in [0, 0.05) is 19.6 Å². The van der Waals surface area contributed by atoms with Crippen molar-refractivity contribution in [1.29, 1.82) is 0 Å². The van der Waals surface area contributed by atoms with E-state index in [0.29, 0.717) is 0 Å². The largest absolute Gasteiger partial charge is 0.476 e. The van der Waals surface area contributed by atoms with Crippen LogP contribution in [0, 0.1) is 13.8 Å². The Labute approximate surface area is 123 Å². The smallest absolute Gasteiger partial charge is 0.358 e. The molecule has 1 aliphatic heterocycles. The van der Waals surface area contributed by atoms with E-state index in [4.69, 9.17) is 5.11 Å². The van der Waals surface area contributed by atoms with Crippen molar-refractivity contribution in [2.24, 2.45) is 0 Å². The molecule has 0 unspecified atom stereocenters. The maximum Gasteiger partial charge on any atom is 0.358 e. The molecular formula is C15H18N4O2. The highest BCUT2D eigenvalue weighted by Crippen LogP contribution is 2.23. The number of likely N-dealkylation sites (tertiary alicyclic amines) is 1. The number of aryl methyl sites for hydroxylation is 2. The molecule has 1 aliphatic rings. The van der Waals surface area contributed by atoms with Gasteiger partial charge in [0.1, 0.15) is 0 Å². The molecule has 0 radical (unpaired) electrons. The van der Waals surface area contributed by atoms with Crippen LogP contribution in [0.25, 0.3) is 0 Å². The number of benzene rings is 1. The number of nitrogens with zero attached hydrogens (tertiary/aromatic N) is 4. The standard InChI is InChI=1S/C15H18N4O2/c1-10-3-4-12(5-11(10)2)6-18-7-13(8-18)19-9-14(15(20)21)16-17-19/h3-5,9,13H,6-8H2,1-2H3,(H,20,21). The fourth-order valence-electron chi connectivity index (χ4n) is 2.55. The molecule has 0 atom stereocenters. The lowest BCUT2D eigenvalue weighted by molar-refractivity contribution is 0.0690. The van der Waals surface area contributed by atoms with Gasteiger partial charge < -0.3 is 5.11 Å². The lowest BCUT2D eigenvalue weighted by Gasteiger charge is -2.38. The van der Waals surface area contributed by atoms with Crippen molar-refractivity contribution in [3.63, 3.8) is 0 Å². The van der Waals surface area contributed by atoms with Gasteiger partial charge in [-0.15, -0.1) is 5.10 Å². The Kier molecular flexibility index (Phi) is 3.47. The number of rotatable bonds is 4. The quantitative estimate of drug-likeness (QED) is 0.925. The van der Waals surface area contributed by atoms with Crippen LogP contribution in [-0.2, 0) is 6.54 Å². The highest BCUT2D eigenvalue weighted by Gasteiger charge is 2.29. The van der Waals surface area contributed by atoms with Gasteiger partial charge in [-0.25, -0.2) is 9.48 Å². The molecule has 0 bridgehead atoms. The molecule has 1 aromatic heterocycles. The number of carbonyl (C=O) groups is 1. The van der Waals surface area contributed by atoms with Gasteiger partial charge in [0.2, 0.25) is 0 Å². The second-order valence-corrected chi connectivity index (χ2v) is 5.66. The zero-order valence-corrected chi connectivity index (χ0v) is 12.2. The van der Waals surface area contributed by atoms with Gasteiger partial charge in [-0.05, 0) is 30.5 Å². The molecular weight excluding hydrogens is 268 g/mol. The van der Waals surface area contributed by atoms with Gasteiger partial charge in [-0.2, -0.15) is 0 Å². The molecule has 1 N–H and O–H groups in total. The van der Waals surface area contributed by atoms with Gasteiger partial charge in [0.15, 0.2) is 5.69 Å². The summed E-state index contributed by atoms with van der Waals surface area (Å²) in [5.74, 6) is -1.03. The number of carboxylic acid groups (broad SMARTS) is 1. The fourth-order valence-corrected chi connectivity index (χ4v) is 2.55. The minimum atomic E-state index is -1.03. The molecule has 0 saturated carbocycles. The van der Waals surface area contributed by atoms with E-state index < -0.39 is 5.97 Å². The summed E-state index contributed by atoms with van der Waals surface area (Å²) in [5, 5.41) is 16.4. The number of hydrogen-bond donors (Lipinski definition) is 1. The molecule has 1 aromatic carbocycles. The minimum absolute atomic E-state index is 0.00242. The van der Waals surface area contributed by atoms with E-state index >= 15 is 0 Å². The van der Waals surface area contributed by atoms with Gasteiger partial charge in [-0.3, -0.25) is 4.90 Å². The molecule has 2 aromatic rings. The summed E-state index contributed by atoms with van der Waals surface area (Å²) < 4.78 is 1.65. The third kappa shape index (κ3) is 2.80. The maximum absolute atomic E-state index is 10.8. The van der Waals surface area contributed by atoms with E-state index in [9.17, 15) is 4.79 Å². The van der Waals surface area contributed by atoms with E-state index in [1.165, 1.54) is 22.9 Å². The van der Waals surface area contributed by atoms with Crippen molar-refractivity contribution in [3.05, 3.63) is 46.8 Å². The second kappa shape index (κ2) is 5.29. The Morgan fingerprint density at radius 1 is 1.33 bits per heavy atom. The molecule has 0 amide bonds. The number of aromatic carboxylic acids is 1. The van der Waals surface area contributed by atoms with Crippen molar-refractivity contribution in [3.8, 4) is 0 Å². The summed E-state index contributed by atoms with van der Waals surface area (Å²) in [6, 6.07) is 6.75. The van der Waals surface area contributed by atoms with E-state index in [0.717, 1.165) is 19.6 Å². The highest BCUT2D eigenvalue weighted by molar-refractivity contribution is 5.84. The molecule has 0 spiro atoms. The number of carboxylic acids is 1. The monoisotopic (exact) mass is 286 g/mol. The topological polar surface area (TPSA) is 71.2 Å². The van der Waals surface area contributed by atoms with Crippen LogP contribution in [0.2, 0.25) is 0 Å². The Bertz CT molecular complexity index is 674. The van der Waals surface area contributed by atoms with Crippen LogP contribution >= 0.6 is 0 Å². The van der Waals surface area contributed by atoms with Gasteiger partial charge in [-0.1, -0.05) is 23.4 Å². The van der Waals surface area contributed by atoms with Crippen molar-refractivity contribution in [2.45, 2.75) is 26.4 Å². The maximum atomic E-state index is 10.8. The molecule has 3 rings (SSSR count). The van der Waals surface area contributed by atoms with E-state index in [2.05, 4.69) is 47.3 Å².